The van der Waals surface area contributed by atoms with Gasteiger partial charge in [-0.25, -0.2) is 4.79 Å². The molecule has 0 unspecified atom stereocenters. The number of hydrogen-bond donors (Lipinski definition) is 2. The number of rotatable bonds is 0. The van der Waals surface area contributed by atoms with Gasteiger partial charge in [0, 0.05) is 5.92 Å². The third-order valence-electron chi connectivity index (χ3n) is 0.258. The maximum atomic E-state index is 8.56. The molecule has 9 heavy (non-hydrogen) atoms. The van der Waals surface area contributed by atoms with Crippen molar-refractivity contribution >= 4 is 6.16 Å². The topological polar surface area (TPSA) is 81.3 Å². The minimum atomic E-state index is -1.83. The first kappa shape index (κ1) is 10.7. The van der Waals surface area contributed by atoms with E-state index in [0.29, 0.717) is 0 Å². The summed E-state index contributed by atoms with van der Waals surface area (Å²) < 4.78 is 0. The largest absolute Gasteiger partial charge is 0.503 e. The van der Waals surface area contributed by atoms with Crippen LogP contribution in [0.25, 0.3) is 0 Å². The summed E-state index contributed by atoms with van der Waals surface area (Å²) in [5.74, 6) is 0.190. The Hall–Kier alpha value is -1.24. The van der Waals surface area contributed by atoms with Crippen molar-refractivity contribution < 1.29 is 15.0 Å². The van der Waals surface area contributed by atoms with E-state index >= 15 is 0 Å². The first-order chi connectivity index (χ1) is 4.00. The van der Waals surface area contributed by atoms with E-state index in [0.717, 1.165) is 0 Å². The van der Waals surface area contributed by atoms with Crippen LogP contribution in [0.2, 0.25) is 0 Å². The number of carboxylic acid groups (broad SMARTS) is 2. The van der Waals surface area contributed by atoms with Crippen LogP contribution in [0.4, 0.5) is 4.79 Å². The lowest BCUT2D eigenvalue weighted by Gasteiger charge is -1.75. The molecule has 0 heterocycles. The predicted molar refractivity (Wildman–Crippen MR) is 31.1 cm³/mol. The smallest absolute Gasteiger partial charge is 0.450 e. The van der Waals surface area contributed by atoms with E-state index in [-0.39, 0.29) is 5.92 Å². The van der Waals surface area contributed by atoms with Crippen molar-refractivity contribution in [2.45, 2.75) is 13.8 Å². The van der Waals surface area contributed by atoms with Crippen LogP contribution in [-0.4, -0.2) is 16.4 Å². The molecular formula is C5H9NO3. The summed E-state index contributed by atoms with van der Waals surface area (Å²) in [5, 5.41) is 21.8. The molecule has 0 radical (unpaired) electrons. The Morgan fingerprint density at radius 3 is 1.67 bits per heavy atom. The van der Waals surface area contributed by atoms with Crippen LogP contribution in [0.5, 0.6) is 0 Å². The average Bonchev–Trinajstić information content (AvgIpc) is 1.65. The fourth-order valence-corrected chi connectivity index (χ4v) is 0. The number of hydrogen-bond acceptors (Lipinski definition) is 2. The Morgan fingerprint density at radius 2 is 1.67 bits per heavy atom. The van der Waals surface area contributed by atoms with E-state index in [2.05, 4.69) is 0 Å². The molecule has 0 aliphatic carbocycles. The molecular weight excluding hydrogens is 122 g/mol. The zero-order chi connectivity index (χ0) is 7.86. The molecule has 52 valence electrons. The Balaban J connectivity index is 0. The Kier molecular flexibility index (Phi) is 8.03. The molecule has 0 saturated carbocycles. The predicted octanol–water partition coefficient (Wildman–Crippen LogP) is 1.39. The van der Waals surface area contributed by atoms with Gasteiger partial charge in [0.25, 0.3) is 0 Å². The second-order valence-corrected chi connectivity index (χ2v) is 1.57. The first-order valence-corrected chi connectivity index (χ1v) is 2.32. The first-order valence-electron chi connectivity index (χ1n) is 2.32. The maximum Gasteiger partial charge on any atom is 0.503 e. The van der Waals surface area contributed by atoms with E-state index in [1.54, 1.807) is 0 Å². The molecule has 0 rings (SSSR count). The van der Waals surface area contributed by atoms with Crippen LogP contribution >= 0.6 is 0 Å². The monoisotopic (exact) mass is 131 g/mol. The number of carbonyl (C=O) groups is 1. The van der Waals surface area contributed by atoms with Gasteiger partial charge in [-0.05, 0) is 13.8 Å². The van der Waals surface area contributed by atoms with Crippen molar-refractivity contribution in [2.75, 3.05) is 0 Å². The second-order valence-electron chi connectivity index (χ2n) is 1.57. The normalized spacial score (nSPS) is 6.89. The van der Waals surface area contributed by atoms with Crippen LogP contribution in [0.3, 0.4) is 0 Å². The van der Waals surface area contributed by atoms with E-state index in [1.807, 2.05) is 19.9 Å². The van der Waals surface area contributed by atoms with Gasteiger partial charge in [0.1, 0.15) is 0 Å². The molecule has 0 aromatic rings. The van der Waals surface area contributed by atoms with Gasteiger partial charge in [0.2, 0.25) is 0 Å². The lowest BCUT2D eigenvalue weighted by Crippen LogP contribution is -1.81. The molecule has 4 nitrogen and oxygen atoms in total. The summed E-state index contributed by atoms with van der Waals surface area (Å²) in [6.07, 6.45) is -1.83. The van der Waals surface area contributed by atoms with Gasteiger partial charge in [-0.2, -0.15) is 5.26 Å². The molecule has 2 N–H and O–H groups in total. The van der Waals surface area contributed by atoms with Crippen molar-refractivity contribution in [3.05, 3.63) is 0 Å². The highest BCUT2D eigenvalue weighted by molar-refractivity contribution is 5.53. The summed E-state index contributed by atoms with van der Waals surface area (Å²) in [6, 6.07) is 2.03. The molecule has 0 aliphatic heterocycles. The maximum absolute atomic E-state index is 8.56. The zero-order valence-corrected chi connectivity index (χ0v) is 5.33. The van der Waals surface area contributed by atoms with Crippen LogP contribution in [0.1, 0.15) is 13.8 Å². The van der Waals surface area contributed by atoms with E-state index < -0.39 is 6.16 Å². The van der Waals surface area contributed by atoms with Crippen LogP contribution in [-0.2, 0) is 0 Å². The van der Waals surface area contributed by atoms with Crippen LogP contribution in [0, 0.1) is 17.2 Å². The summed E-state index contributed by atoms with van der Waals surface area (Å²) >= 11 is 0. The fourth-order valence-electron chi connectivity index (χ4n) is 0. The number of nitriles is 1. The molecule has 4 heteroatoms. The molecule has 0 spiro atoms. The molecule has 0 atom stereocenters. The van der Waals surface area contributed by atoms with Gasteiger partial charge >= 0.3 is 6.16 Å². The molecule has 0 amide bonds. The summed E-state index contributed by atoms with van der Waals surface area (Å²) in [5.41, 5.74) is 0. The molecule has 0 aliphatic rings. The quantitative estimate of drug-likeness (QED) is 0.520. The molecule has 0 aromatic heterocycles. The standard InChI is InChI=1S/C4H7N.CH2O3/c1-4(2)3-5;2-1(3)4/h4H,1-2H3;(H2,2,3,4). The molecule has 0 fully saturated rings. The highest BCUT2D eigenvalue weighted by atomic mass is 16.6. The minimum absolute atomic E-state index is 0.190. The summed E-state index contributed by atoms with van der Waals surface area (Å²) in [6.45, 7) is 3.72. The van der Waals surface area contributed by atoms with Gasteiger partial charge in [-0.15, -0.1) is 0 Å². The van der Waals surface area contributed by atoms with Crippen LogP contribution in [0.15, 0.2) is 0 Å². The van der Waals surface area contributed by atoms with Crippen molar-refractivity contribution in [1.82, 2.24) is 0 Å². The summed E-state index contributed by atoms with van der Waals surface area (Å²) in [7, 11) is 0. The Labute approximate surface area is 53.3 Å². The van der Waals surface area contributed by atoms with Crippen LogP contribution < -0.4 is 0 Å². The van der Waals surface area contributed by atoms with Gasteiger partial charge in [-0.1, -0.05) is 0 Å². The zero-order valence-electron chi connectivity index (χ0n) is 5.33. The van der Waals surface area contributed by atoms with Gasteiger partial charge in [-0.3, -0.25) is 0 Å². The van der Waals surface area contributed by atoms with E-state index in [4.69, 9.17) is 20.3 Å². The average molecular weight is 131 g/mol. The number of nitrogens with zero attached hydrogens (tertiary/aromatic N) is 1. The van der Waals surface area contributed by atoms with Gasteiger partial charge in [0.05, 0.1) is 6.07 Å². The van der Waals surface area contributed by atoms with E-state index in [1.165, 1.54) is 0 Å². The molecule has 0 bridgehead atoms. The third-order valence-corrected chi connectivity index (χ3v) is 0.258. The Bertz CT molecular complexity index is 110. The lowest BCUT2D eigenvalue weighted by atomic mass is 10.3. The fraction of sp³-hybridized carbons (Fsp3) is 0.600. The van der Waals surface area contributed by atoms with Crippen molar-refractivity contribution in [3.8, 4) is 6.07 Å². The summed E-state index contributed by atoms with van der Waals surface area (Å²) in [4.78, 5) is 8.56. The van der Waals surface area contributed by atoms with Gasteiger partial charge < -0.3 is 10.2 Å². The van der Waals surface area contributed by atoms with Crippen molar-refractivity contribution in [2.24, 2.45) is 5.92 Å². The lowest BCUT2D eigenvalue weighted by molar-refractivity contribution is 0.137. The Morgan fingerprint density at radius 1 is 1.56 bits per heavy atom. The van der Waals surface area contributed by atoms with E-state index in [9.17, 15) is 0 Å². The molecule has 0 saturated heterocycles. The van der Waals surface area contributed by atoms with Crippen molar-refractivity contribution in [3.63, 3.8) is 0 Å². The van der Waals surface area contributed by atoms with Crippen molar-refractivity contribution in [1.29, 1.82) is 5.26 Å². The highest BCUT2D eigenvalue weighted by Crippen LogP contribution is 1.81. The third kappa shape index (κ3) is 265. The second kappa shape index (κ2) is 6.76. The SMILES string of the molecule is CC(C)C#N.O=C(O)O. The highest BCUT2D eigenvalue weighted by Gasteiger charge is 1.78. The minimum Gasteiger partial charge on any atom is -0.450 e. The molecule has 0 aromatic carbocycles. The van der Waals surface area contributed by atoms with Gasteiger partial charge in [0.15, 0.2) is 0 Å².